The molecule has 1 aromatic carbocycles. The Morgan fingerprint density at radius 3 is 2.36 bits per heavy atom. The molecule has 0 atom stereocenters. The lowest BCUT2D eigenvalue weighted by molar-refractivity contribution is 0.102. The van der Waals surface area contributed by atoms with Gasteiger partial charge in [-0.05, 0) is 62.8 Å². The highest BCUT2D eigenvalue weighted by atomic mass is 16.1. The molecule has 3 heterocycles. The second-order valence-corrected chi connectivity index (χ2v) is 8.02. The van der Waals surface area contributed by atoms with Gasteiger partial charge < -0.3 is 15.1 Å². The van der Waals surface area contributed by atoms with Crippen LogP contribution in [0.5, 0.6) is 0 Å². The summed E-state index contributed by atoms with van der Waals surface area (Å²) in [5, 5.41) is 2.97. The van der Waals surface area contributed by atoms with Crippen molar-refractivity contribution in [3.8, 4) is 0 Å². The smallest absolute Gasteiger partial charge is 0.274 e. The number of hydrogen-bond acceptors (Lipinski definition) is 5. The second kappa shape index (κ2) is 8.17. The lowest BCUT2D eigenvalue weighted by Gasteiger charge is -2.31. The number of nitrogens with one attached hydrogen (secondary N) is 1. The van der Waals surface area contributed by atoms with Crippen molar-refractivity contribution in [3.63, 3.8) is 0 Å². The fourth-order valence-electron chi connectivity index (χ4n) is 3.99. The number of aryl methyl sites for hydroxylation is 1. The number of carbonyl (C=O) groups excluding carboxylic acids is 1. The van der Waals surface area contributed by atoms with Crippen LogP contribution < -0.4 is 15.1 Å². The van der Waals surface area contributed by atoms with Crippen molar-refractivity contribution in [2.75, 3.05) is 41.3 Å². The Kier molecular flexibility index (Phi) is 5.46. The van der Waals surface area contributed by atoms with E-state index in [1.54, 1.807) is 0 Å². The van der Waals surface area contributed by atoms with E-state index in [1.807, 2.05) is 25.1 Å². The van der Waals surface area contributed by atoms with Crippen molar-refractivity contribution in [2.45, 2.75) is 39.5 Å². The monoisotopic (exact) mass is 379 g/mol. The zero-order chi connectivity index (χ0) is 19.5. The van der Waals surface area contributed by atoms with Crippen LogP contribution in [0, 0.1) is 12.8 Å². The summed E-state index contributed by atoms with van der Waals surface area (Å²) in [6.45, 7) is 8.33. The van der Waals surface area contributed by atoms with Crippen molar-refractivity contribution in [2.24, 2.45) is 5.92 Å². The molecule has 2 saturated heterocycles. The first kappa shape index (κ1) is 18.7. The van der Waals surface area contributed by atoms with Gasteiger partial charge in [0, 0.05) is 43.6 Å². The number of carbonyl (C=O) groups is 1. The maximum absolute atomic E-state index is 12.8. The fraction of sp³-hybridized carbons (Fsp3) is 0.500. The number of amides is 1. The van der Waals surface area contributed by atoms with Crippen LogP contribution in [-0.2, 0) is 0 Å². The minimum Gasteiger partial charge on any atom is -0.372 e. The maximum atomic E-state index is 12.8. The van der Waals surface area contributed by atoms with Crippen LogP contribution in [0.3, 0.4) is 0 Å². The molecule has 2 aromatic rings. The standard InChI is InChI=1S/C22H29N5O/c1-16-9-13-27(14-10-16)21-15-20(23-17(2)24-21)22(28)25-18-5-7-19(8-6-18)26-11-3-4-12-26/h5-8,15-16H,3-4,9-14H2,1-2H3,(H,25,28). The summed E-state index contributed by atoms with van der Waals surface area (Å²) in [5.74, 6) is 2.05. The van der Waals surface area contributed by atoms with Gasteiger partial charge >= 0.3 is 0 Å². The summed E-state index contributed by atoms with van der Waals surface area (Å²) in [6.07, 6.45) is 4.83. The van der Waals surface area contributed by atoms with Crippen LogP contribution in [-0.4, -0.2) is 42.1 Å². The number of benzene rings is 1. The third kappa shape index (κ3) is 4.26. The Morgan fingerprint density at radius 1 is 1.00 bits per heavy atom. The Hall–Kier alpha value is -2.63. The largest absolute Gasteiger partial charge is 0.372 e. The predicted octanol–water partition coefficient (Wildman–Crippen LogP) is 3.87. The van der Waals surface area contributed by atoms with Gasteiger partial charge in [0.2, 0.25) is 0 Å². The van der Waals surface area contributed by atoms with Crippen molar-refractivity contribution in [1.29, 1.82) is 0 Å². The molecule has 6 nitrogen and oxygen atoms in total. The molecule has 4 rings (SSSR count). The minimum atomic E-state index is -0.189. The Morgan fingerprint density at radius 2 is 1.68 bits per heavy atom. The van der Waals surface area contributed by atoms with E-state index >= 15 is 0 Å². The van der Waals surface area contributed by atoms with Crippen molar-refractivity contribution < 1.29 is 4.79 Å². The Labute approximate surface area is 167 Å². The number of hydrogen-bond donors (Lipinski definition) is 1. The van der Waals surface area contributed by atoms with Gasteiger partial charge in [-0.15, -0.1) is 0 Å². The van der Waals surface area contributed by atoms with Gasteiger partial charge in [0.1, 0.15) is 17.3 Å². The number of piperidine rings is 1. The average Bonchev–Trinajstić information content (AvgIpc) is 3.23. The summed E-state index contributed by atoms with van der Waals surface area (Å²) in [7, 11) is 0. The average molecular weight is 380 g/mol. The molecule has 6 heteroatoms. The first-order valence-corrected chi connectivity index (χ1v) is 10.4. The molecule has 2 aliphatic heterocycles. The highest BCUT2D eigenvalue weighted by molar-refractivity contribution is 6.03. The topological polar surface area (TPSA) is 61.4 Å². The first-order valence-electron chi connectivity index (χ1n) is 10.4. The van der Waals surface area contributed by atoms with Crippen LogP contribution in [0.25, 0.3) is 0 Å². The van der Waals surface area contributed by atoms with E-state index < -0.39 is 0 Å². The Bertz CT molecular complexity index is 821. The molecule has 1 aromatic heterocycles. The van der Waals surface area contributed by atoms with Crippen molar-refractivity contribution >= 4 is 23.1 Å². The van der Waals surface area contributed by atoms with Crippen molar-refractivity contribution in [1.82, 2.24) is 9.97 Å². The van der Waals surface area contributed by atoms with E-state index in [0.717, 1.165) is 56.4 Å². The van der Waals surface area contributed by atoms with Gasteiger partial charge in [0.05, 0.1) is 0 Å². The molecular formula is C22H29N5O. The molecule has 148 valence electrons. The summed E-state index contributed by atoms with van der Waals surface area (Å²) < 4.78 is 0. The maximum Gasteiger partial charge on any atom is 0.274 e. The number of nitrogens with zero attached hydrogens (tertiary/aromatic N) is 4. The molecule has 0 spiro atoms. The van der Waals surface area contributed by atoms with E-state index in [0.29, 0.717) is 11.5 Å². The zero-order valence-corrected chi connectivity index (χ0v) is 16.8. The van der Waals surface area contributed by atoms with E-state index in [2.05, 4.69) is 44.1 Å². The van der Waals surface area contributed by atoms with Crippen LogP contribution in [0.2, 0.25) is 0 Å². The van der Waals surface area contributed by atoms with Crippen molar-refractivity contribution in [3.05, 3.63) is 41.9 Å². The summed E-state index contributed by atoms with van der Waals surface area (Å²) in [5.41, 5.74) is 2.43. The van der Waals surface area contributed by atoms with Crippen LogP contribution in [0.15, 0.2) is 30.3 Å². The third-order valence-corrected chi connectivity index (χ3v) is 5.76. The molecule has 2 aliphatic rings. The molecule has 2 fully saturated rings. The molecular weight excluding hydrogens is 350 g/mol. The molecule has 1 N–H and O–H groups in total. The van der Waals surface area contributed by atoms with Crippen LogP contribution in [0.4, 0.5) is 17.2 Å². The fourth-order valence-corrected chi connectivity index (χ4v) is 3.99. The van der Waals surface area contributed by atoms with E-state index in [9.17, 15) is 4.79 Å². The second-order valence-electron chi connectivity index (χ2n) is 8.02. The van der Waals surface area contributed by atoms with Gasteiger partial charge in [0.25, 0.3) is 5.91 Å². The summed E-state index contributed by atoms with van der Waals surface area (Å²) in [4.78, 5) is 26.3. The van der Waals surface area contributed by atoms with E-state index in [4.69, 9.17) is 0 Å². The number of aromatic nitrogens is 2. The quantitative estimate of drug-likeness (QED) is 0.874. The SMILES string of the molecule is Cc1nc(C(=O)Nc2ccc(N3CCCC3)cc2)cc(N2CCC(C)CC2)n1. The molecule has 0 unspecified atom stereocenters. The van der Waals surface area contributed by atoms with Crippen LogP contribution >= 0.6 is 0 Å². The predicted molar refractivity (Wildman–Crippen MR) is 113 cm³/mol. The van der Waals surface area contributed by atoms with Gasteiger partial charge in [0.15, 0.2) is 0 Å². The molecule has 0 saturated carbocycles. The molecule has 0 radical (unpaired) electrons. The molecule has 0 bridgehead atoms. The number of anilines is 3. The third-order valence-electron chi connectivity index (χ3n) is 5.76. The lowest BCUT2D eigenvalue weighted by Crippen LogP contribution is -2.34. The highest BCUT2D eigenvalue weighted by Gasteiger charge is 2.20. The summed E-state index contributed by atoms with van der Waals surface area (Å²) in [6, 6.07) is 9.90. The van der Waals surface area contributed by atoms with E-state index in [-0.39, 0.29) is 5.91 Å². The van der Waals surface area contributed by atoms with E-state index in [1.165, 1.54) is 18.5 Å². The minimum absolute atomic E-state index is 0.189. The zero-order valence-electron chi connectivity index (χ0n) is 16.8. The normalized spacial score (nSPS) is 17.8. The molecule has 1 amide bonds. The molecule has 28 heavy (non-hydrogen) atoms. The first-order chi connectivity index (χ1) is 13.6. The lowest BCUT2D eigenvalue weighted by atomic mass is 9.99. The Balaban J connectivity index is 1.45. The van der Waals surface area contributed by atoms with Crippen LogP contribution in [0.1, 0.15) is 48.9 Å². The van der Waals surface area contributed by atoms with Gasteiger partial charge in [-0.1, -0.05) is 6.92 Å². The number of rotatable bonds is 4. The van der Waals surface area contributed by atoms with Gasteiger partial charge in [-0.3, -0.25) is 4.79 Å². The summed E-state index contributed by atoms with van der Waals surface area (Å²) >= 11 is 0. The molecule has 0 aliphatic carbocycles. The van der Waals surface area contributed by atoms with Gasteiger partial charge in [-0.25, -0.2) is 9.97 Å². The van der Waals surface area contributed by atoms with Gasteiger partial charge in [-0.2, -0.15) is 0 Å². The highest BCUT2D eigenvalue weighted by Crippen LogP contribution is 2.24.